The maximum atomic E-state index is 13.9. The highest BCUT2D eigenvalue weighted by Crippen LogP contribution is 2.27. The van der Waals surface area contributed by atoms with Gasteiger partial charge in [-0.2, -0.15) is 4.52 Å². The van der Waals surface area contributed by atoms with Crippen molar-refractivity contribution in [1.29, 1.82) is 0 Å². The number of hydrogen-bond donors (Lipinski definition) is 1. The highest BCUT2D eigenvalue weighted by molar-refractivity contribution is 5.72. The summed E-state index contributed by atoms with van der Waals surface area (Å²) in [7, 11) is 0. The maximum Gasteiger partial charge on any atom is 0.217 e. The molecule has 0 atom stereocenters. The fourth-order valence-electron chi connectivity index (χ4n) is 2.37. The van der Waals surface area contributed by atoms with Crippen molar-refractivity contribution in [2.75, 3.05) is 5.73 Å². The van der Waals surface area contributed by atoms with Crippen LogP contribution >= 0.6 is 0 Å². The fraction of sp³-hybridized carbons (Fsp3) is 0. The highest BCUT2D eigenvalue weighted by Gasteiger charge is 2.13. The number of fused-ring (bicyclic) bond motifs is 1. The molecule has 22 heavy (non-hydrogen) atoms. The van der Waals surface area contributed by atoms with Gasteiger partial charge >= 0.3 is 0 Å². The predicted octanol–water partition coefficient (Wildman–Crippen LogP) is 3.38. The second-order valence-electron chi connectivity index (χ2n) is 4.83. The minimum atomic E-state index is -0.308. The van der Waals surface area contributed by atoms with E-state index in [0.29, 0.717) is 34.2 Å². The lowest BCUT2D eigenvalue weighted by Crippen LogP contribution is -1.99. The molecule has 4 aromatic rings. The Hall–Kier alpha value is -3.15. The van der Waals surface area contributed by atoms with Crippen molar-refractivity contribution in [3.63, 3.8) is 0 Å². The molecule has 0 radical (unpaired) electrons. The van der Waals surface area contributed by atoms with Crippen LogP contribution in [0.5, 0.6) is 0 Å². The van der Waals surface area contributed by atoms with Crippen LogP contribution < -0.4 is 5.73 Å². The number of benzene rings is 1. The monoisotopic (exact) mass is 294 g/mol. The molecule has 0 aliphatic carbocycles. The van der Waals surface area contributed by atoms with Gasteiger partial charge in [0.05, 0.1) is 6.26 Å². The molecule has 6 heteroatoms. The van der Waals surface area contributed by atoms with Crippen molar-refractivity contribution in [1.82, 2.24) is 14.6 Å². The summed E-state index contributed by atoms with van der Waals surface area (Å²) >= 11 is 0. The number of furan rings is 1. The number of pyridine rings is 1. The zero-order chi connectivity index (χ0) is 15.1. The lowest BCUT2D eigenvalue weighted by molar-refractivity contribution is 0.577. The third-order valence-electron chi connectivity index (χ3n) is 3.39. The molecule has 3 heterocycles. The van der Waals surface area contributed by atoms with Crippen LogP contribution in [0.4, 0.5) is 10.2 Å². The van der Waals surface area contributed by atoms with E-state index in [1.54, 1.807) is 48.7 Å². The van der Waals surface area contributed by atoms with Gasteiger partial charge in [-0.1, -0.05) is 18.2 Å². The van der Waals surface area contributed by atoms with E-state index in [2.05, 4.69) is 10.1 Å². The first-order chi connectivity index (χ1) is 10.7. The molecule has 0 fully saturated rings. The molecule has 0 aliphatic rings. The summed E-state index contributed by atoms with van der Waals surface area (Å²) in [6, 6.07) is 13.5. The third-order valence-corrected chi connectivity index (χ3v) is 3.39. The second kappa shape index (κ2) is 4.70. The highest BCUT2D eigenvalue weighted by atomic mass is 19.1. The Labute approximate surface area is 124 Å². The summed E-state index contributed by atoms with van der Waals surface area (Å²) in [6.07, 6.45) is 1.55. The molecule has 0 spiro atoms. The van der Waals surface area contributed by atoms with Gasteiger partial charge in [0.2, 0.25) is 5.82 Å². The van der Waals surface area contributed by atoms with Crippen LogP contribution in [0.25, 0.3) is 28.4 Å². The molecule has 0 saturated carbocycles. The first-order valence-corrected chi connectivity index (χ1v) is 6.67. The van der Waals surface area contributed by atoms with Crippen LogP contribution in [0, 0.1) is 5.82 Å². The summed E-state index contributed by atoms with van der Waals surface area (Å²) in [5, 5.41) is 4.30. The zero-order valence-corrected chi connectivity index (χ0v) is 11.4. The molecule has 4 rings (SSSR count). The SMILES string of the molecule is Nc1cc(-c2ccccc2F)cc2nc(-c3ccco3)nn12. The van der Waals surface area contributed by atoms with E-state index in [1.807, 2.05) is 0 Å². The smallest absolute Gasteiger partial charge is 0.217 e. The van der Waals surface area contributed by atoms with E-state index in [-0.39, 0.29) is 5.82 Å². The number of nitrogen functional groups attached to an aromatic ring is 1. The van der Waals surface area contributed by atoms with Gasteiger partial charge in [0.25, 0.3) is 0 Å². The molecule has 2 N–H and O–H groups in total. The second-order valence-corrected chi connectivity index (χ2v) is 4.83. The van der Waals surface area contributed by atoms with Gasteiger partial charge in [-0.3, -0.25) is 0 Å². The van der Waals surface area contributed by atoms with Gasteiger partial charge in [0.1, 0.15) is 11.6 Å². The van der Waals surface area contributed by atoms with Gasteiger partial charge in [0.15, 0.2) is 11.4 Å². The predicted molar refractivity (Wildman–Crippen MR) is 80.5 cm³/mol. The Balaban J connectivity index is 1.91. The topological polar surface area (TPSA) is 69.3 Å². The third kappa shape index (κ3) is 1.93. The lowest BCUT2D eigenvalue weighted by Gasteiger charge is -2.05. The van der Waals surface area contributed by atoms with Crippen molar-refractivity contribution in [3.8, 4) is 22.7 Å². The van der Waals surface area contributed by atoms with E-state index in [1.165, 1.54) is 10.6 Å². The van der Waals surface area contributed by atoms with Gasteiger partial charge in [-0.25, -0.2) is 9.37 Å². The minimum Gasteiger partial charge on any atom is -0.461 e. The lowest BCUT2D eigenvalue weighted by atomic mass is 10.1. The van der Waals surface area contributed by atoms with Crippen LogP contribution in [0.3, 0.4) is 0 Å². The van der Waals surface area contributed by atoms with Gasteiger partial charge < -0.3 is 10.2 Å². The average Bonchev–Trinajstić information content (AvgIpc) is 3.16. The quantitative estimate of drug-likeness (QED) is 0.615. The molecule has 1 aromatic carbocycles. The number of halogens is 1. The molecule has 0 aliphatic heterocycles. The number of anilines is 1. The zero-order valence-electron chi connectivity index (χ0n) is 11.4. The number of nitrogens with two attached hydrogens (primary N) is 1. The first-order valence-electron chi connectivity index (χ1n) is 6.67. The van der Waals surface area contributed by atoms with Crippen LogP contribution in [-0.2, 0) is 0 Å². The summed E-state index contributed by atoms with van der Waals surface area (Å²) < 4.78 is 20.7. The molecule has 0 saturated heterocycles. The molecule has 0 unspecified atom stereocenters. The number of aromatic nitrogens is 3. The molecule has 5 nitrogen and oxygen atoms in total. The standard InChI is InChI=1S/C16H11FN4O/c17-12-5-2-1-4-11(12)10-8-14(18)21-15(9-10)19-16(20-21)13-6-3-7-22-13/h1-9H,18H2. The van der Waals surface area contributed by atoms with Crippen molar-refractivity contribution in [3.05, 3.63) is 60.6 Å². The van der Waals surface area contributed by atoms with E-state index in [4.69, 9.17) is 10.2 Å². The van der Waals surface area contributed by atoms with Crippen molar-refractivity contribution in [2.45, 2.75) is 0 Å². The fourth-order valence-corrected chi connectivity index (χ4v) is 2.37. The number of hydrogen-bond acceptors (Lipinski definition) is 4. The van der Waals surface area contributed by atoms with E-state index >= 15 is 0 Å². The van der Waals surface area contributed by atoms with Crippen LogP contribution in [0.15, 0.2) is 59.2 Å². The maximum absolute atomic E-state index is 13.9. The van der Waals surface area contributed by atoms with Gasteiger partial charge in [0, 0.05) is 5.56 Å². The van der Waals surface area contributed by atoms with Gasteiger partial charge in [-0.05, 0) is 35.9 Å². The molecular formula is C16H11FN4O. The van der Waals surface area contributed by atoms with E-state index < -0.39 is 0 Å². The Bertz CT molecular complexity index is 960. The van der Waals surface area contributed by atoms with Crippen LogP contribution in [0.2, 0.25) is 0 Å². The van der Waals surface area contributed by atoms with Crippen molar-refractivity contribution in [2.24, 2.45) is 0 Å². The first kappa shape index (κ1) is 12.6. The number of nitrogens with zero attached hydrogens (tertiary/aromatic N) is 3. The number of rotatable bonds is 2. The molecular weight excluding hydrogens is 283 g/mol. The normalized spacial score (nSPS) is 11.1. The average molecular weight is 294 g/mol. The summed E-state index contributed by atoms with van der Waals surface area (Å²) in [5.74, 6) is 1.05. The van der Waals surface area contributed by atoms with E-state index in [0.717, 1.165) is 0 Å². The van der Waals surface area contributed by atoms with Crippen molar-refractivity contribution >= 4 is 11.5 Å². The van der Waals surface area contributed by atoms with Crippen molar-refractivity contribution < 1.29 is 8.81 Å². The Morgan fingerprint density at radius 3 is 2.73 bits per heavy atom. The summed E-state index contributed by atoms with van der Waals surface area (Å²) in [6.45, 7) is 0. The Kier molecular flexibility index (Phi) is 2.69. The molecule has 3 aromatic heterocycles. The Morgan fingerprint density at radius 2 is 1.95 bits per heavy atom. The van der Waals surface area contributed by atoms with E-state index in [9.17, 15) is 4.39 Å². The molecule has 108 valence electrons. The Morgan fingerprint density at radius 1 is 1.09 bits per heavy atom. The molecule has 0 amide bonds. The molecule has 0 bridgehead atoms. The summed E-state index contributed by atoms with van der Waals surface area (Å²) in [4.78, 5) is 4.39. The largest absolute Gasteiger partial charge is 0.461 e. The summed E-state index contributed by atoms with van der Waals surface area (Å²) in [5.41, 5.74) is 7.68. The van der Waals surface area contributed by atoms with Gasteiger partial charge in [-0.15, -0.1) is 5.10 Å². The minimum absolute atomic E-state index is 0.308. The van der Waals surface area contributed by atoms with Crippen LogP contribution in [-0.4, -0.2) is 14.6 Å². The van der Waals surface area contributed by atoms with Crippen LogP contribution in [0.1, 0.15) is 0 Å².